The van der Waals surface area contributed by atoms with Crippen LogP contribution in [0.25, 0.3) is 5.69 Å². The van der Waals surface area contributed by atoms with Crippen LogP contribution >= 0.6 is 11.3 Å². The van der Waals surface area contributed by atoms with Gasteiger partial charge in [0.2, 0.25) is 0 Å². The monoisotopic (exact) mass is 371 g/mol. The topological polar surface area (TPSA) is 45.5 Å². The molecule has 5 nitrogen and oxygen atoms in total. The third kappa shape index (κ3) is 4.49. The third-order valence-electron chi connectivity index (χ3n) is 4.09. The fourth-order valence-corrected chi connectivity index (χ4v) is 3.37. The summed E-state index contributed by atoms with van der Waals surface area (Å²) in [7, 11) is 3.76. The number of nitrogens with zero attached hydrogens (tertiary/aromatic N) is 4. The Morgan fingerprint density at radius 1 is 1.38 bits per heavy atom. The molecule has 0 bridgehead atoms. The molecule has 3 rings (SSSR count). The highest BCUT2D eigenvalue weighted by Gasteiger charge is 2.09. The lowest BCUT2D eigenvalue weighted by Crippen LogP contribution is -2.39. The van der Waals surface area contributed by atoms with Gasteiger partial charge in [-0.3, -0.25) is 4.99 Å². The van der Waals surface area contributed by atoms with Crippen molar-refractivity contribution < 1.29 is 4.39 Å². The van der Waals surface area contributed by atoms with Crippen molar-refractivity contribution in [2.45, 2.75) is 13.0 Å². The van der Waals surface area contributed by atoms with Gasteiger partial charge in [0.1, 0.15) is 5.82 Å². The molecule has 0 radical (unpaired) electrons. The van der Waals surface area contributed by atoms with Gasteiger partial charge < -0.3 is 14.8 Å². The number of rotatable bonds is 6. The second-order valence-electron chi connectivity index (χ2n) is 5.91. The molecule has 1 N–H and O–H groups in total. The summed E-state index contributed by atoms with van der Waals surface area (Å²) in [6.07, 6.45) is 5.91. The molecule has 0 amide bonds. The SMILES string of the molecule is CN=C(NCc1ccc(-n2ccnc2)c(F)c1)N(C)CCc1cccs1. The Bertz CT molecular complexity index is 843. The van der Waals surface area contributed by atoms with E-state index in [1.54, 1.807) is 53.8 Å². The molecule has 0 atom stereocenters. The number of guanidine groups is 1. The van der Waals surface area contributed by atoms with E-state index in [4.69, 9.17) is 0 Å². The average Bonchev–Trinajstić information content (AvgIpc) is 3.34. The summed E-state index contributed by atoms with van der Waals surface area (Å²) < 4.78 is 16.0. The number of likely N-dealkylation sites (N-methyl/N-ethyl adjacent to an activating group) is 1. The van der Waals surface area contributed by atoms with Gasteiger partial charge in [-0.15, -0.1) is 11.3 Å². The van der Waals surface area contributed by atoms with Crippen molar-refractivity contribution in [3.8, 4) is 5.69 Å². The summed E-state index contributed by atoms with van der Waals surface area (Å²) in [5.41, 5.74) is 1.35. The number of hydrogen-bond acceptors (Lipinski definition) is 3. The predicted molar refractivity (Wildman–Crippen MR) is 104 cm³/mol. The zero-order valence-corrected chi connectivity index (χ0v) is 15.7. The number of nitrogens with one attached hydrogen (secondary N) is 1. The van der Waals surface area contributed by atoms with Crippen LogP contribution in [0.2, 0.25) is 0 Å². The van der Waals surface area contributed by atoms with E-state index < -0.39 is 0 Å². The number of thiophene rings is 1. The quantitative estimate of drug-likeness (QED) is 0.534. The summed E-state index contributed by atoms with van der Waals surface area (Å²) in [6, 6.07) is 9.41. The van der Waals surface area contributed by atoms with Gasteiger partial charge in [-0.2, -0.15) is 0 Å². The van der Waals surface area contributed by atoms with Gasteiger partial charge in [0.05, 0.1) is 12.0 Å². The van der Waals surface area contributed by atoms with Crippen molar-refractivity contribution in [3.63, 3.8) is 0 Å². The van der Waals surface area contributed by atoms with Crippen LogP contribution in [0.1, 0.15) is 10.4 Å². The van der Waals surface area contributed by atoms with Crippen LogP contribution < -0.4 is 5.32 Å². The fourth-order valence-electron chi connectivity index (χ4n) is 2.68. The fraction of sp³-hybridized carbons (Fsp3) is 0.263. The van der Waals surface area contributed by atoms with Gasteiger partial charge in [-0.1, -0.05) is 12.1 Å². The number of imidazole rings is 1. The molecule has 26 heavy (non-hydrogen) atoms. The van der Waals surface area contributed by atoms with Crippen molar-refractivity contribution in [1.82, 2.24) is 19.8 Å². The first kappa shape index (κ1) is 18.1. The van der Waals surface area contributed by atoms with Crippen LogP contribution in [0, 0.1) is 5.82 Å². The molecule has 0 saturated carbocycles. The van der Waals surface area contributed by atoms with Gasteiger partial charge >= 0.3 is 0 Å². The molecule has 0 spiro atoms. The van der Waals surface area contributed by atoms with Crippen LogP contribution in [-0.4, -0.2) is 41.1 Å². The van der Waals surface area contributed by atoms with Gasteiger partial charge in [0.15, 0.2) is 5.96 Å². The Balaban J connectivity index is 1.57. The molecule has 136 valence electrons. The van der Waals surface area contributed by atoms with Crippen LogP contribution in [0.4, 0.5) is 4.39 Å². The molecule has 1 aromatic carbocycles. The first-order chi connectivity index (χ1) is 12.7. The maximum atomic E-state index is 14.3. The van der Waals surface area contributed by atoms with Gasteiger partial charge in [0, 0.05) is 44.5 Å². The van der Waals surface area contributed by atoms with Crippen molar-refractivity contribution in [3.05, 3.63) is 70.7 Å². The number of aromatic nitrogens is 2. The average molecular weight is 371 g/mol. The summed E-state index contributed by atoms with van der Waals surface area (Å²) in [4.78, 5) is 11.7. The number of hydrogen-bond donors (Lipinski definition) is 1. The van der Waals surface area contributed by atoms with E-state index in [0.717, 1.165) is 24.5 Å². The largest absolute Gasteiger partial charge is 0.352 e. The van der Waals surface area contributed by atoms with Crippen LogP contribution in [0.15, 0.2) is 59.4 Å². The predicted octanol–water partition coefficient (Wildman–Crippen LogP) is 3.32. The van der Waals surface area contributed by atoms with E-state index in [-0.39, 0.29) is 5.82 Å². The van der Waals surface area contributed by atoms with E-state index >= 15 is 0 Å². The number of benzene rings is 1. The minimum Gasteiger partial charge on any atom is -0.352 e. The second kappa shape index (κ2) is 8.62. The van der Waals surface area contributed by atoms with Crippen molar-refractivity contribution in [2.24, 2.45) is 4.99 Å². The summed E-state index contributed by atoms with van der Waals surface area (Å²) >= 11 is 1.76. The molecule has 0 aliphatic heterocycles. The molecular formula is C19H22FN5S. The lowest BCUT2D eigenvalue weighted by Gasteiger charge is -2.22. The number of aliphatic imine (C=N–C) groups is 1. The first-order valence-electron chi connectivity index (χ1n) is 8.38. The molecule has 0 aliphatic rings. The third-order valence-corrected chi connectivity index (χ3v) is 5.03. The Morgan fingerprint density at radius 2 is 2.27 bits per heavy atom. The first-order valence-corrected chi connectivity index (χ1v) is 9.26. The van der Waals surface area contributed by atoms with E-state index in [2.05, 4.69) is 37.7 Å². The van der Waals surface area contributed by atoms with Crippen LogP contribution in [0.3, 0.4) is 0 Å². The molecule has 2 heterocycles. The minimum atomic E-state index is -0.275. The molecular weight excluding hydrogens is 349 g/mol. The van der Waals surface area contributed by atoms with Crippen molar-refractivity contribution in [2.75, 3.05) is 20.6 Å². The maximum Gasteiger partial charge on any atom is 0.193 e. The minimum absolute atomic E-state index is 0.275. The van der Waals surface area contributed by atoms with Gasteiger partial charge in [-0.25, -0.2) is 9.37 Å². The van der Waals surface area contributed by atoms with E-state index in [1.807, 2.05) is 13.1 Å². The lowest BCUT2D eigenvalue weighted by molar-refractivity contribution is 0.486. The second-order valence-corrected chi connectivity index (χ2v) is 6.94. The molecule has 3 aromatic rings. The highest BCUT2D eigenvalue weighted by atomic mass is 32.1. The molecule has 0 fully saturated rings. The van der Waals surface area contributed by atoms with Crippen molar-refractivity contribution >= 4 is 17.3 Å². The zero-order valence-electron chi connectivity index (χ0n) is 14.9. The van der Waals surface area contributed by atoms with Gasteiger partial charge in [0.25, 0.3) is 0 Å². The molecule has 2 aromatic heterocycles. The Hall–Kier alpha value is -2.67. The van der Waals surface area contributed by atoms with Crippen LogP contribution in [-0.2, 0) is 13.0 Å². The smallest absolute Gasteiger partial charge is 0.193 e. The highest BCUT2D eigenvalue weighted by Crippen LogP contribution is 2.15. The Labute approximate surface area is 156 Å². The summed E-state index contributed by atoms with van der Waals surface area (Å²) in [5.74, 6) is 0.518. The van der Waals surface area contributed by atoms with Crippen molar-refractivity contribution in [1.29, 1.82) is 0 Å². The highest BCUT2D eigenvalue weighted by molar-refractivity contribution is 7.09. The molecule has 0 aliphatic carbocycles. The van der Waals surface area contributed by atoms with E-state index in [1.165, 1.54) is 4.88 Å². The Morgan fingerprint density at radius 3 is 2.92 bits per heavy atom. The van der Waals surface area contributed by atoms with Crippen LogP contribution in [0.5, 0.6) is 0 Å². The molecule has 0 unspecified atom stereocenters. The summed E-state index contributed by atoms with van der Waals surface area (Å²) in [6.45, 7) is 1.38. The Kier molecular flexibility index (Phi) is 6.01. The lowest BCUT2D eigenvalue weighted by atomic mass is 10.2. The normalized spacial score (nSPS) is 11.6. The zero-order chi connectivity index (χ0) is 18.4. The number of halogens is 1. The summed E-state index contributed by atoms with van der Waals surface area (Å²) in [5, 5.41) is 5.38. The van der Waals surface area contributed by atoms with E-state index in [9.17, 15) is 4.39 Å². The molecule has 0 saturated heterocycles. The molecule has 7 heteroatoms. The van der Waals surface area contributed by atoms with E-state index in [0.29, 0.717) is 12.2 Å². The standard InChI is InChI=1S/C19H22FN5S/c1-21-19(24(2)9-7-16-4-3-11-26-16)23-13-15-5-6-18(17(20)12-15)25-10-8-22-14-25/h3-6,8,10-12,14H,7,9,13H2,1-2H3,(H,21,23). The van der Waals surface area contributed by atoms with Gasteiger partial charge in [-0.05, 0) is 35.6 Å². The maximum absolute atomic E-state index is 14.3.